The first-order valence-corrected chi connectivity index (χ1v) is 8.45. The lowest BCUT2D eigenvalue weighted by Crippen LogP contribution is -2.60. The van der Waals surface area contributed by atoms with Gasteiger partial charge in [0.05, 0.1) is 18.6 Å². The van der Waals surface area contributed by atoms with E-state index in [4.69, 9.17) is 14.2 Å². The molecule has 0 aromatic heterocycles. The van der Waals surface area contributed by atoms with Crippen molar-refractivity contribution in [3.05, 3.63) is 0 Å². The van der Waals surface area contributed by atoms with Crippen LogP contribution in [0.25, 0.3) is 0 Å². The van der Waals surface area contributed by atoms with Gasteiger partial charge in [0, 0.05) is 13.2 Å². The fraction of sp³-hybridized carbons (Fsp3) is 0.824. The van der Waals surface area contributed by atoms with Gasteiger partial charge in [-0.25, -0.2) is 9.59 Å². The molecule has 2 amide bonds. The highest BCUT2D eigenvalue weighted by Crippen LogP contribution is 2.15. The summed E-state index contributed by atoms with van der Waals surface area (Å²) in [6.45, 7) is 11.9. The van der Waals surface area contributed by atoms with Crippen molar-refractivity contribution in [2.24, 2.45) is 0 Å². The Labute approximate surface area is 154 Å². The lowest BCUT2D eigenvalue weighted by atomic mass is 9.96. The normalized spacial score (nSPS) is 14.1. The standard InChI is InChI=1S/C17H32N2O7/c1-8-24-11-17(9-12(20)21,19-14(23)26-16(5,6)7)10-18-13(22)25-15(2,3)4/h8-11H2,1-7H3,(H,18,22)(H,19,23)(H,20,21). The smallest absolute Gasteiger partial charge is 0.408 e. The average Bonchev–Trinajstić information content (AvgIpc) is 2.38. The Morgan fingerprint density at radius 3 is 1.85 bits per heavy atom. The second-order valence-corrected chi connectivity index (χ2v) is 7.97. The van der Waals surface area contributed by atoms with E-state index in [9.17, 15) is 19.5 Å². The van der Waals surface area contributed by atoms with Gasteiger partial charge >= 0.3 is 18.2 Å². The highest BCUT2D eigenvalue weighted by Gasteiger charge is 2.37. The predicted octanol–water partition coefficient (Wildman–Crippen LogP) is 2.29. The average molecular weight is 376 g/mol. The van der Waals surface area contributed by atoms with E-state index < -0.39 is 41.3 Å². The van der Waals surface area contributed by atoms with Gasteiger partial charge in [0.15, 0.2) is 0 Å². The fourth-order valence-electron chi connectivity index (χ4n) is 1.95. The van der Waals surface area contributed by atoms with Crippen LogP contribution in [-0.2, 0) is 19.0 Å². The minimum atomic E-state index is -1.39. The first-order valence-electron chi connectivity index (χ1n) is 8.45. The lowest BCUT2D eigenvalue weighted by molar-refractivity contribution is -0.139. The Balaban J connectivity index is 5.29. The van der Waals surface area contributed by atoms with Crippen LogP contribution in [0.1, 0.15) is 54.9 Å². The molecule has 0 bridgehead atoms. The topological polar surface area (TPSA) is 123 Å². The van der Waals surface area contributed by atoms with Crippen molar-refractivity contribution in [3.63, 3.8) is 0 Å². The summed E-state index contributed by atoms with van der Waals surface area (Å²) in [6.07, 6.45) is -2.00. The Kier molecular flexibility index (Phi) is 8.86. The van der Waals surface area contributed by atoms with E-state index >= 15 is 0 Å². The van der Waals surface area contributed by atoms with Crippen molar-refractivity contribution in [1.82, 2.24) is 10.6 Å². The molecule has 0 saturated carbocycles. The molecule has 0 heterocycles. The molecule has 0 aliphatic carbocycles. The van der Waals surface area contributed by atoms with Gasteiger partial charge in [-0.2, -0.15) is 0 Å². The van der Waals surface area contributed by atoms with E-state index in [1.165, 1.54) is 0 Å². The lowest BCUT2D eigenvalue weighted by Gasteiger charge is -2.34. The molecule has 0 saturated heterocycles. The molecule has 3 N–H and O–H groups in total. The zero-order chi connectivity index (χ0) is 20.6. The van der Waals surface area contributed by atoms with Gasteiger partial charge in [0.2, 0.25) is 0 Å². The summed E-state index contributed by atoms with van der Waals surface area (Å²) in [7, 11) is 0. The molecule has 152 valence electrons. The van der Waals surface area contributed by atoms with Crippen molar-refractivity contribution in [3.8, 4) is 0 Å². The van der Waals surface area contributed by atoms with Crippen LogP contribution >= 0.6 is 0 Å². The highest BCUT2D eigenvalue weighted by molar-refractivity contribution is 5.74. The Bertz CT molecular complexity index is 494. The second-order valence-electron chi connectivity index (χ2n) is 7.97. The molecule has 1 unspecified atom stereocenters. The van der Waals surface area contributed by atoms with E-state index in [1.807, 2.05) is 0 Å². The number of amides is 2. The molecule has 0 spiro atoms. The van der Waals surface area contributed by atoms with Crippen LogP contribution < -0.4 is 10.6 Å². The first-order chi connectivity index (χ1) is 11.7. The van der Waals surface area contributed by atoms with Gasteiger partial charge in [-0.1, -0.05) is 0 Å². The van der Waals surface area contributed by atoms with Crippen LogP contribution in [0.4, 0.5) is 9.59 Å². The maximum Gasteiger partial charge on any atom is 0.408 e. The number of carboxylic acid groups (broad SMARTS) is 1. The largest absolute Gasteiger partial charge is 0.481 e. The zero-order valence-electron chi connectivity index (χ0n) is 16.7. The summed E-state index contributed by atoms with van der Waals surface area (Å²) in [4.78, 5) is 35.4. The number of hydrogen-bond acceptors (Lipinski definition) is 6. The van der Waals surface area contributed by atoms with Crippen LogP contribution in [0.5, 0.6) is 0 Å². The number of nitrogens with one attached hydrogen (secondary N) is 2. The highest BCUT2D eigenvalue weighted by atomic mass is 16.6. The van der Waals surface area contributed by atoms with Crippen LogP contribution in [0.2, 0.25) is 0 Å². The van der Waals surface area contributed by atoms with Crippen molar-refractivity contribution in [1.29, 1.82) is 0 Å². The minimum absolute atomic E-state index is 0.120. The van der Waals surface area contributed by atoms with Crippen molar-refractivity contribution in [2.75, 3.05) is 19.8 Å². The van der Waals surface area contributed by atoms with Gasteiger partial charge in [-0.05, 0) is 48.5 Å². The van der Waals surface area contributed by atoms with Crippen molar-refractivity contribution < 1.29 is 33.7 Å². The van der Waals surface area contributed by atoms with Gasteiger partial charge < -0.3 is 30.0 Å². The predicted molar refractivity (Wildman–Crippen MR) is 95.1 cm³/mol. The minimum Gasteiger partial charge on any atom is -0.481 e. The van der Waals surface area contributed by atoms with Crippen molar-refractivity contribution >= 4 is 18.2 Å². The number of aliphatic carboxylic acids is 1. The Morgan fingerprint density at radius 1 is 0.923 bits per heavy atom. The third kappa shape index (κ3) is 11.5. The van der Waals surface area contributed by atoms with Crippen LogP contribution in [0.3, 0.4) is 0 Å². The van der Waals surface area contributed by atoms with Gasteiger partial charge in [0.25, 0.3) is 0 Å². The van der Waals surface area contributed by atoms with Gasteiger partial charge in [-0.15, -0.1) is 0 Å². The van der Waals surface area contributed by atoms with Crippen LogP contribution in [-0.4, -0.2) is 59.8 Å². The van der Waals surface area contributed by atoms with E-state index in [1.54, 1.807) is 48.5 Å². The second kappa shape index (κ2) is 9.61. The summed E-state index contributed by atoms with van der Waals surface area (Å²) in [5.41, 5.74) is -2.86. The number of alkyl carbamates (subject to hydrolysis) is 2. The third-order valence-corrected chi connectivity index (χ3v) is 2.81. The van der Waals surface area contributed by atoms with Gasteiger partial charge in [0.1, 0.15) is 11.2 Å². The van der Waals surface area contributed by atoms with E-state index in [0.29, 0.717) is 6.61 Å². The molecule has 9 nitrogen and oxygen atoms in total. The number of rotatable bonds is 8. The number of carbonyl (C=O) groups excluding carboxylic acids is 2. The number of carboxylic acids is 1. The van der Waals surface area contributed by atoms with Crippen LogP contribution in [0.15, 0.2) is 0 Å². The molecule has 0 aliphatic rings. The zero-order valence-corrected chi connectivity index (χ0v) is 16.7. The van der Waals surface area contributed by atoms with Crippen LogP contribution in [0, 0.1) is 0 Å². The van der Waals surface area contributed by atoms with E-state index in [2.05, 4.69) is 10.6 Å². The van der Waals surface area contributed by atoms with E-state index in [0.717, 1.165) is 0 Å². The molecule has 26 heavy (non-hydrogen) atoms. The maximum atomic E-state index is 12.2. The summed E-state index contributed by atoms with van der Waals surface area (Å²) in [5.74, 6) is -1.16. The van der Waals surface area contributed by atoms with Crippen molar-refractivity contribution in [2.45, 2.75) is 71.6 Å². The van der Waals surface area contributed by atoms with E-state index in [-0.39, 0.29) is 13.2 Å². The molecule has 0 fully saturated rings. The Morgan fingerprint density at radius 2 is 1.42 bits per heavy atom. The molecule has 0 rings (SSSR count). The monoisotopic (exact) mass is 376 g/mol. The summed E-state index contributed by atoms with van der Waals surface area (Å²) in [5, 5.41) is 14.3. The Hall–Kier alpha value is -2.03. The number of carbonyl (C=O) groups is 3. The fourth-order valence-corrected chi connectivity index (χ4v) is 1.95. The summed E-state index contributed by atoms with van der Waals surface area (Å²) < 4.78 is 15.7. The summed E-state index contributed by atoms with van der Waals surface area (Å²) >= 11 is 0. The molecular weight excluding hydrogens is 344 g/mol. The molecule has 0 aliphatic heterocycles. The molecule has 9 heteroatoms. The molecule has 1 atom stereocenters. The number of ether oxygens (including phenoxy) is 3. The third-order valence-electron chi connectivity index (χ3n) is 2.81. The maximum absolute atomic E-state index is 12.2. The SMILES string of the molecule is CCOCC(CNC(=O)OC(C)(C)C)(CC(=O)O)NC(=O)OC(C)(C)C. The first kappa shape index (κ1) is 24.0. The molecular formula is C17H32N2O7. The summed E-state index contributed by atoms with van der Waals surface area (Å²) in [6, 6.07) is 0. The number of hydrogen-bond donors (Lipinski definition) is 3. The quantitative estimate of drug-likeness (QED) is 0.594. The molecule has 0 aromatic rings. The molecule has 0 radical (unpaired) electrons. The van der Waals surface area contributed by atoms with Gasteiger partial charge in [-0.3, -0.25) is 4.79 Å². The molecule has 0 aromatic carbocycles.